The van der Waals surface area contributed by atoms with Crippen molar-refractivity contribution in [3.63, 3.8) is 0 Å². The lowest BCUT2D eigenvalue weighted by molar-refractivity contribution is -0.141. The van der Waals surface area contributed by atoms with Gasteiger partial charge in [-0.25, -0.2) is 9.59 Å². The number of nitrogens with one attached hydrogen (secondary N) is 1. The lowest BCUT2D eigenvalue weighted by Crippen LogP contribution is -2.28. The number of esters is 1. The van der Waals surface area contributed by atoms with Crippen LogP contribution in [0.1, 0.15) is 13.8 Å². The summed E-state index contributed by atoms with van der Waals surface area (Å²) in [5.41, 5.74) is 0.317. The minimum absolute atomic E-state index is 0.0269. The predicted molar refractivity (Wildman–Crippen MR) is 50.8 cm³/mol. The molecule has 0 aliphatic rings. The first-order valence-electron chi connectivity index (χ1n) is 4.18. The Morgan fingerprint density at radius 2 is 2.07 bits per heavy atom. The minimum atomic E-state index is -0.552. The summed E-state index contributed by atoms with van der Waals surface area (Å²) >= 11 is 0. The number of rotatable bonds is 4. The van der Waals surface area contributed by atoms with E-state index in [0.717, 1.165) is 0 Å². The standard InChI is InChI=1S/C9H15NO4/c1-6(2)8(11)13-5-7(3)14-9(12)10-4/h7H,1,5H2,2-4H3,(H,10,12). The monoisotopic (exact) mass is 201 g/mol. The summed E-state index contributed by atoms with van der Waals surface area (Å²) < 4.78 is 9.54. The zero-order valence-corrected chi connectivity index (χ0v) is 8.62. The third-order valence-corrected chi connectivity index (χ3v) is 1.31. The molecule has 5 heteroatoms. The van der Waals surface area contributed by atoms with Crippen LogP contribution in [-0.4, -0.2) is 31.8 Å². The van der Waals surface area contributed by atoms with E-state index in [0.29, 0.717) is 5.57 Å². The smallest absolute Gasteiger partial charge is 0.407 e. The molecule has 0 saturated carbocycles. The van der Waals surface area contributed by atoms with E-state index in [-0.39, 0.29) is 6.61 Å². The van der Waals surface area contributed by atoms with Crippen LogP contribution < -0.4 is 5.32 Å². The highest BCUT2D eigenvalue weighted by Gasteiger charge is 2.10. The molecule has 1 N–H and O–H groups in total. The fourth-order valence-electron chi connectivity index (χ4n) is 0.592. The molecule has 0 aliphatic heterocycles. The van der Waals surface area contributed by atoms with Crippen LogP contribution in [0.25, 0.3) is 0 Å². The molecule has 0 saturated heterocycles. The van der Waals surface area contributed by atoms with Gasteiger partial charge in [-0.05, 0) is 13.8 Å². The van der Waals surface area contributed by atoms with Gasteiger partial charge in [-0.3, -0.25) is 0 Å². The van der Waals surface area contributed by atoms with Gasteiger partial charge in [0.05, 0.1) is 0 Å². The zero-order valence-electron chi connectivity index (χ0n) is 8.62. The van der Waals surface area contributed by atoms with Gasteiger partial charge in [0.2, 0.25) is 0 Å². The molecule has 1 unspecified atom stereocenters. The molecule has 0 aromatic heterocycles. The number of carbonyl (C=O) groups is 2. The van der Waals surface area contributed by atoms with Crippen LogP contribution in [0.15, 0.2) is 12.2 Å². The van der Waals surface area contributed by atoms with Crippen LogP contribution in [-0.2, 0) is 14.3 Å². The third kappa shape index (κ3) is 5.18. The molecule has 0 fully saturated rings. The van der Waals surface area contributed by atoms with Crippen molar-refractivity contribution in [2.24, 2.45) is 0 Å². The van der Waals surface area contributed by atoms with Crippen LogP contribution >= 0.6 is 0 Å². The number of carbonyl (C=O) groups excluding carboxylic acids is 2. The van der Waals surface area contributed by atoms with Crippen molar-refractivity contribution < 1.29 is 19.1 Å². The van der Waals surface area contributed by atoms with E-state index < -0.39 is 18.2 Å². The molecular weight excluding hydrogens is 186 g/mol. The molecule has 0 bridgehead atoms. The number of hydrogen-bond acceptors (Lipinski definition) is 4. The van der Waals surface area contributed by atoms with Gasteiger partial charge in [-0.15, -0.1) is 0 Å². The van der Waals surface area contributed by atoms with Crippen LogP contribution in [0, 0.1) is 0 Å². The summed E-state index contributed by atoms with van der Waals surface area (Å²) in [4.78, 5) is 21.6. The van der Waals surface area contributed by atoms with Gasteiger partial charge < -0.3 is 14.8 Å². The second kappa shape index (κ2) is 6.01. The zero-order chi connectivity index (χ0) is 11.1. The van der Waals surface area contributed by atoms with E-state index in [1.54, 1.807) is 13.8 Å². The normalized spacial score (nSPS) is 11.4. The molecular formula is C9H15NO4. The van der Waals surface area contributed by atoms with Gasteiger partial charge in [-0.1, -0.05) is 6.58 Å². The second-order valence-corrected chi connectivity index (χ2v) is 2.84. The highest BCUT2D eigenvalue weighted by molar-refractivity contribution is 5.86. The maximum Gasteiger partial charge on any atom is 0.407 e. The predicted octanol–water partition coefficient (Wildman–Crippen LogP) is 0.850. The summed E-state index contributed by atoms with van der Waals surface area (Å²) in [5, 5.41) is 2.29. The molecule has 1 atom stereocenters. The number of hydrogen-bond donors (Lipinski definition) is 1. The summed E-state index contributed by atoms with van der Waals surface area (Å²) in [5.74, 6) is -0.489. The van der Waals surface area contributed by atoms with Gasteiger partial charge in [0.15, 0.2) is 0 Å². The Kier molecular flexibility index (Phi) is 5.36. The maximum atomic E-state index is 10.9. The Morgan fingerprint density at radius 1 is 1.50 bits per heavy atom. The number of alkyl carbamates (subject to hydrolysis) is 1. The Bertz CT molecular complexity index is 237. The van der Waals surface area contributed by atoms with Crippen molar-refractivity contribution in [3.05, 3.63) is 12.2 Å². The average Bonchev–Trinajstić information content (AvgIpc) is 2.13. The van der Waals surface area contributed by atoms with E-state index in [2.05, 4.69) is 11.9 Å². The van der Waals surface area contributed by atoms with E-state index in [4.69, 9.17) is 9.47 Å². The Morgan fingerprint density at radius 3 is 2.50 bits per heavy atom. The van der Waals surface area contributed by atoms with E-state index >= 15 is 0 Å². The lowest BCUT2D eigenvalue weighted by atomic mass is 10.3. The number of amides is 1. The second-order valence-electron chi connectivity index (χ2n) is 2.84. The van der Waals surface area contributed by atoms with E-state index in [1.165, 1.54) is 7.05 Å². The average molecular weight is 201 g/mol. The SMILES string of the molecule is C=C(C)C(=O)OCC(C)OC(=O)NC. The molecule has 14 heavy (non-hydrogen) atoms. The summed E-state index contributed by atoms with van der Waals surface area (Å²) in [6.45, 7) is 6.62. The fourth-order valence-corrected chi connectivity index (χ4v) is 0.592. The largest absolute Gasteiger partial charge is 0.458 e. The summed E-state index contributed by atoms with van der Waals surface area (Å²) in [6, 6.07) is 0. The highest BCUT2D eigenvalue weighted by atomic mass is 16.6. The van der Waals surface area contributed by atoms with Crippen LogP contribution in [0.2, 0.25) is 0 Å². The van der Waals surface area contributed by atoms with Gasteiger partial charge in [-0.2, -0.15) is 0 Å². The van der Waals surface area contributed by atoms with Crippen LogP contribution in [0.5, 0.6) is 0 Å². The Labute approximate surface area is 83.1 Å². The van der Waals surface area contributed by atoms with Gasteiger partial charge >= 0.3 is 12.1 Å². The van der Waals surface area contributed by atoms with Crippen molar-refractivity contribution in [3.8, 4) is 0 Å². The van der Waals surface area contributed by atoms with E-state index in [9.17, 15) is 9.59 Å². The first kappa shape index (κ1) is 12.5. The first-order chi connectivity index (χ1) is 6.47. The van der Waals surface area contributed by atoms with Crippen LogP contribution in [0.3, 0.4) is 0 Å². The van der Waals surface area contributed by atoms with Crippen molar-refractivity contribution in [1.82, 2.24) is 5.32 Å². The molecule has 0 heterocycles. The Balaban J connectivity index is 3.74. The first-order valence-corrected chi connectivity index (χ1v) is 4.18. The van der Waals surface area contributed by atoms with Gasteiger partial charge in [0.25, 0.3) is 0 Å². The lowest BCUT2D eigenvalue weighted by Gasteiger charge is -2.12. The molecule has 0 aliphatic carbocycles. The summed E-state index contributed by atoms with van der Waals surface area (Å²) in [6.07, 6.45) is -1.03. The summed E-state index contributed by atoms with van der Waals surface area (Å²) in [7, 11) is 1.45. The molecule has 0 aromatic rings. The van der Waals surface area contributed by atoms with Gasteiger partial charge in [0, 0.05) is 12.6 Å². The topological polar surface area (TPSA) is 64.6 Å². The quantitative estimate of drug-likeness (QED) is 0.541. The molecule has 0 rings (SSSR count). The molecule has 0 radical (unpaired) electrons. The highest BCUT2D eigenvalue weighted by Crippen LogP contribution is 1.97. The molecule has 0 spiro atoms. The van der Waals surface area contributed by atoms with Crippen molar-refractivity contribution >= 4 is 12.1 Å². The molecule has 1 amide bonds. The molecule has 0 aromatic carbocycles. The van der Waals surface area contributed by atoms with Crippen molar-refractivity contribution in [2.45, 2.75) is 20.0 Å². The van der Waals surface area contributed by atoms with Gasteiger partial charge in [0.1, 0.15) is 12.7 Å². The third-order valence-electron chi connectivity index (χ3n) is 1.31. The van der Waals surface area contributed by atoms with Crippen molar-refractivity contribution in [1.29, 1.82) is 0 Å². The minimum Gasteiger partial charge on any atom is -0.458 e. The number of ether oxygens (including phenoxy) is 2. The van der Waals surface area contributed by atoms with Crippen LogP contribution in [0.4, 0.5) is 4.79 Å². The van der Waals surface area contributed by atoms with Crippen molar-refractivity contribution in [2.75, 3.05) is 13.7 Å². The van der Waals surface area contributed by atoms with E-state index in [1.807, 2.05) is 0 Å². The molecule has 5 nitrogen and oxygen atoms in total. The fraction of sp³-hybridized carbons (Fsp3) is 0.556. The maximum absolute atomic E-state index is 10.9. The Hall–Kier alpha value is -1.52. The molecule has 80 valence electrons.